The third kappa shape index (κ3) is 2.86. The van der Waals surface area contributed by atoms with Crippen LogP contribution in [-0.2, 0) is 4.74 Å². The van der Waals surface area contributed by atoms with Crippen LogP contribution in [0, 0.1) is 5.92 Å². The minimum atomic E-state index is -0.339. The standard InChI is InChI=1S/C9H14INO2/c1-6-4-3-5-7(8(6)10)11-9(12)13-2/h3-4,6-8H,5H2,1-2H3,(H,11,12)/t6-,7-,8+/m1/s1. The summed E-state index contributed by atoms with van der Waals surface area (Å²) in [6, 6.07) is 0.202. The molecule has 0 aromatic carbocycles. The number of hydrogen-bond donors (Lipinski definition) is 1. The van der Waals surface area contributed by atoms with E-state index in [1.807, 2.05) is 0 Å². The number of rotatable bonds is 1. The largest absolute Gasteiger partial charge is 0.453 e. The number of ether oxygens (including phenoxy) is 1. The Balaban J connectivity index is 2.51. The molecule has 0 saturated carbocycles. The molecule has 1 aliphatic rings. The highest BCUT2D eigenvalue weighted by molar-refractivity contribution is 14.1. The molecular weight excluding hydrogens is 281 g/mol. The summed E-state index contributed by atoms with van der Waals surface area (Å²) >= 11 is 2.37. The van der Waals surface area contributed by atoms with Gasteiger partial charge in [-0.15, -0.1) is 0 Å². The molecule has 0 radical (unpaired) electrons. The summed E-state index contributed by atoms with van der Waals surface area (Å²) in [4.78, 5) is 11.0. The van der Waals surface area contributed by atoms with Crippen molar-refractivity contribution in [3.05, 3.63) is 12.2 Å². The molecule has 0 aromatic heterocycles. The molecule has 0 aliphatic heterocycles. The van der Waals surface area contributed by atoms with E-state index in [4.69, 9.17) is 0 Å². The Morgan fingerprint density at radius 3 is 3.00 bits per heavy atom. The Labute approximate surface area is 92.1 Å². The van der Waals surface area contributed by atoms with Crippen LogP contribution in [0.4, 0.5) is 4.79 Å². The van der Waals surface area contributed by atoms with Crippen molar-refractivity contribution < 1.29 is 9.53 Å². The van der Waals surface area contributed by atoms with E-state index in [-0.39, 0.29) is 12.1 Å². The van der Waals surface area contributed by atoms with E-state index in [1.54, 1.807) is 0 Å². The Bertz CT molecular complexity index is 218. The van der Waals surface area contributed by atoms with E-state index >= 15 is 0 Å². The highest BCUT2D eigenvalue weighted by Gasteiger charge is 2.26. The van der Waals surface area contributed by atoms with Gasteiger partial charge in [0.25, 0.3) is 0 Å². The zero-order valence-corrected chi connectivity index (χ0v) is 9.95. The number of methoxy groups -OCH3 is 1. The number of alkyl halides is 1. The number of halogens is 1. The van der Waals surface area contributed by atoms with E-state index < -0.39 is 0 Å². The van der Waals surface area contributed by atoms with Crippen LogP contribution in [0.2, 0.25) is 0 Å². The van der Waals surface area contributed by atoms with Gasteiger partial charge in [0.05, 0.1) is 7.11 Å². The number of alkyl carbamates (subject to hydrolysis) is 1. The lowest BCUT2D eigenvalue weighted by Crippen LogP contribution is -2.44. The van der Waals surface area contributed by atoms with Gasteiger partial charge in [0.15, 0.2) is 0 Å². The molecule has 1 rings (SSSR count). The molecule has 1 N–H and O–H groups in total. The van der Waals surface area contributed by atoms with Crippen molar-refractivity contribution in [1.82, 2.24) is 5.32 Å². The Hall–Kier alpha value is -0.260. The number of amides is 1. The van der Waals surface area contributed by atoms with Crippen molar-refractivity contribution in [3.8, 4) is 0 Å². The summed E-state index contributed by atoms with van der Waals surface area (Å²) < 4.78 is 5.01. The highest BCUT2D eigenvalue weighted by Crippen LogP contribution is 2.25. The van der Waals surface area contributed by atoms with Gasteiger partial charge in [0.2, 0.25) is 0 Å². The maximum Gasteiger partial charge on any atom is 0.407 e. The zero-order chi connectivity index (χ0) is 9.84. The summed E-state index contributed by atoms with van der Waals surface area (Å²) in [5, 5.41) is 2.83. The molecule has 0 bridgehead atoms. The molecular formula is C9H14INO2. The van der Waals surface area contributed by atoms with Gasteiger partial charge >= 0.3 is 6.09 Å². The number of nitrogens with one attached hydrogen (secondary N) is 1. The molecule has 3 atom stereocenters. The summed E-state index contributed by atoms with van der Waals surface area (Å²) in [6.45, 7) is 2.15. The second kappa shape index (κ2) is 4.83. The zero-order valence-electron chi connectivity index (χ0n) is 7.79. The van der Waals surface area contributed by atoms with Crippen LogP contribution in [0.15, 0.2) is 12.2 Å². The van der Waals surface area contributed by atoms with E-state index in [0.717, 1.165) is 6.42 Å². The quantitative estimate of drug-likeness (QED) is 0.457. The van der Waals surface area contributed by atoms with E-state index in [0.29, 0.717) is 9.84 Å². The van der Waals surface area contributed by atoms with Crippen molar-refractivity contribution in [3.63, 3.8) is 0 Å². The molecule has 0 aromatic rings. The van der Waals surface area contributed by atoms with Gasteiger partial charge in [0, 0.05) is 9.97 Å². The first kappa shape index (κ1) is 10.8. The minimum absolute atomic E-state index is 0.202. The molecule has 0 saturated heterocycles. The Morgan fingerprint density at radius 1 is 1.69 bits per heavy atom. The lowest BCUT2D eigenvalue weighted by molar-refractivity contribution is 0.165. The molecule has 0 spiro atoms. The maximum absolute atomic E-state index is 11.0. The number of carbonyl (C=O) groups is 1. The predicted molar refractivity (Wildman–Crippen MR) is 60.1 cm³/mol. The first-order valence-corrected chi connectivity index (χ1v) is 5.55. The lowest BCUT2D eigenvalue weighted by Gasteiger charge is -2.28. The smallest absolute Gasteiger partial charge is 0.407 e. The second-order valence-electron chi connectivity index (χ2n) is 3.21. The summed E-state index contributed by atoms with van der Waals surface area (Å²) in [6.07, 6.45) is 4.86. The van der Waals surface area contributed by atoms with E-state index in [2.05, 4.69) is 51.7 Å². The average Bonchev–Trinajstić information content (AvgIpc) is 2.13. The number of allylic oxidation sites excluding steroid dienone is 1. The number of carbonyl (C=O) groups excluding carboxylic acids is 1. The van der Waals surface area contributed by atoms with Crippen LogP contribution in [0.25, 0.3) is 0 Å². The maximum atomic E-state index is 11.0. The van der Waals surface area contributed by atoms with Crippen molar-refractivity contribution >= 4 is 28.7 Å². The topological polar surface area (TPSA) is 38.3 Å². The molecule has 4 heteroatoms. The van der Waals surface area contributed by atoms with Crippen molar-refractivity contribution in [2.45, 2.75) is 23.3 Å². The summed E-state index contributed by atoms with van der Waals surface area (Å²) in [5.74, 6) is 0.511. The lowest BCUT2D eigenvalue weighted by atomic mass is 9.93. The van der Waals surface area contributed by atoms with E-state index in [1.165, 1.54) is 7.11 Å². The SMILES string of the molecule is COC(=O)N[C@@H]1CC=C[C@@H](C)[C@@H]1I. The normalized spacial score (nSPS) is 32.7. The fourth-order valence-corrected chi connectivity index (χ4v) is 2.10. The second-order valence-corrected chi connectivity index (χ2v) is 4.65. The van der Waals surface area contributed by atoms with E-state index in [9.17, 15) is 4.79 Å². The van der Waals surface area contributed by atoms with Crippen LogP contribution in [0.1, 0.15) is 13.3 Å². The fraction of sp³-hybridized carbons (Fsp3) is 0.667. The molecule has 13 heavy (non-hydrogen) atoms. The summed E-state index contributed by atoms with van der Waals surface area (Å²) in [5.41, 5.74) is 0. The van der Waals surface area contributed by atoms with Gasteiger partial charge in [-0.3, -0.25) is 0 Å². The van der Waals surface area contributed by atoms with Crippen molar-refractivity contribution in [2.75, 3.05) is 7.11 Å². The molecule has 0 unspecified atom stereocenters. The van der Waals surface area contributed by atoms with Gasteiger partial charge in [-0.25, -0.2) is 4.79 Å². The number of hydrogen-bond acceptors (Lipinski definition) is 2. The van der Waals surface area contributed by atoms with Crippen LogP contribution in [-0.4, -0.2) is 23.2 Å². The molecule has 0 heterocycles. The Morgan fingerprint density at radius 2 is 2.38 bits per heavy atom. The monoisotopic (exact) mass is 295 g/mol. The van der Waals surface area contributed by atoms with Gasteiger partial charge < -0.3 is 10.1 Å². The van der Waals surface area contributed by atoms with Gasteiger partial charge in [-0.1, -0.05) is 41.7 Å². The third-order valence-electron chi connectivity index (χ3n) is 2.20. The van der Waals surface area contributed by atoms with Gasteiger partial charge in [0.1, 0.15) is 0 Å². The van der Waals surface area contributed by atoms with Crippen LogP contribution in [0.5, 0.6) is 0 Å². The first-order chi connectivity index (χ1) is 6.15. The molecule has 74 valence electrons. The molecule has 1 amide bonds. The molecule has 0 fully saturated rings. The fourth-order valence-electron chi connectivity index (χ4n) is 1.39. The van der Waals surface area contributed by atoms with Crippen LogP contribution in [0.3, 0.4) is 0 Å². The first-order valence-electron chi connectivity index (χ1n) is 4.30. The molecule has 1 aliphatic carbocycles. The predicted octanol–water partition coefficient (Wildman–Crippen LogP) is 2.11. The molecule has 3 nitrogen and oxygen atoms in total. The highest BCUT2D eigenvalue weighted by atomic mass is 127. The minimum Gasteiger partial charge on any atom is -0.453 e. The Kier molecular flexibility index (Phi) is 4.02. The van der Waals surface area contributed by atoms with Crippen molar-refractivity contribution in [1.29, 1.82) is 0 Å². The average molecular weight is 295 g/mol. The van der Waals surface area contributed by atoms with Crippen molar-refractivity contribution in [2.24, 2.45) is 5.92 Å². The summed E-state index contributed by atoms with van der Waals surface area (Å²) in [7, 11) is 1.39. The third-order valence-corrected chi connectivity index (χ3v) is 4.21. The van der Waals surface area contributed by atoms with Gasteiger partial charge in [-0.05, 0) is 12.3 Å². The van der Waals surface area contributed by atoms with Gasteiger partial charge in [-0.2, -0.15) is 0 Å². The van der Waals surface area contributed by atoms with Crippen LogP contribution >= 0.6 is 22.6 Å². The van der Waals surface area contributed by atoms with Crippen LogP contribution < -0.4 is 5.32 Å².